The van der Waals surface area contributed by atoms with Crippen LogP contribution in [0.1, 0.15) is 22.5 Å². The van der Waals surface area contributed by atoms with Gasteiger partial charge in [0.25, 0.3) is 5.69 Å². The molecule has 0 saturated heterocycles. The molecule has 0 aliphatic heterocycles. The smallest absolute Gasteiger partial charge is 0.269 e. The van der Waals surface area contributed by atoms with E-state index in [0.717, 1.165) is 16.8 Å². The van der Waals surface area contributed by atoms with E-state index < -0.39 is 4.92 Å². The molecule has 1 amide bonds. The number of amides is 1. The molecule has 3 aromatic carbocycles. The summed E-state index contributed by atoms with van der Waals surface area (Å²) in [6.07, 6.45) is 2.91. The third-order valence-electron chi connectivity index (χ3n) is 5.35. The summed E-state index contributed by atoms with van der Waals surface area (Å²) < 4.78 is 15.1. The predicted octanol–water partition coefficient (Wildman–Crippen LogP) is 5.90. The third-order valence-corrected chi connectivity index (χ3v) is 6.58. The van der Waals surface area contributed by atoms with E-state index in [-0.39, 0.29) is 24.0 Å². The summed E-state index contributed by atoms with van der Waals surface area (Å²) in [4.78, 5) is 22.8. The van der Waals surface area contributed by atoms with Gasteiger partial charge in [0, 0.05) is 29.0 Å². The second kappa shape index (κ2) is 11.8. The molecule has 1 N–H and O–H groups in total. The van der Waals surface area contributed by atoms with Crippen LogP contribution < -0.4 is 5.32 Å². The van der Waals surface area contributed by atoms with Crippen LogP contribution in [0.25, 0.3) is 11.8 Å². The second-order valence-corrected chi connectivity index (χ2v) is 9.36. The molecule has 1 heterocycles. The van der Waals surface area contributed by atoms with Gasteiger partial charge in [0.1, 0.15) is 5.82 Å². The summed E-state index contributed by atoms with van der Waals surface area (Å²) in [5, 5.41) is 23.3. The number of aromatic nitrogens is 3. The first-order valence-corrected chi connectivity index (χ1v) is 12.4. The fourth-order valence-electron chi connectivity index (χ4n) is 3.41. The quantitative estimate of drug-likeness (QED) is 0.123. The molecule has 1 aromatic heterocycles. The average molecular weight is 538 g/mol. The SMILES string of the molecule is Cc1ccc(Cl)cc1-n1c(CNC(=O)C=Cc2ccc([N+](=O)[O-])cc2)nnc1SCc1ccc(F)cc1. The van der Waals surface area contributed by atoms with Crippen molar-refractivity contribution < 1.29 is 14.1 Å². The highest BCUT2D eigenvalue weighted by Gasteiger charge is 2.17. The van der Waals surface area contributed by atoms with Crippen molar-refractivity contribution in [2.24, 2.45) is 0 Å². The van der Waals surface area contributed by atoms with Gasteiger partial charge in [-0.15, -0.1) is 10.2 Å². The van der Waals surface area contributed by atoms with E-state index in [1.165, 1.54) is 42.1 Å². The van der Waals surface area contributed by atoms with Gasteiger partial charge < -0.3 is 5.32 Å². The molecule has 0 fully saturated rings. The fourth-order valence-corrected chi connectivity index (χ4v) is 4.49. The van der Waals surface area contributed by atoms with E-state index >= 15 is 0 Å². The van der Waals surface area contributed by atoms with E-state index in [9.17, 15) is 19.3 Å². The zero-order chi connectivity index (χ0) is 26.4. The molecule has 37 heavy (non-hydrogen) atoms. The summed E-state index contributed by atoms with van der Waals surface area (Å²) in [5.74, 6) is 0.384. The van der Waals surface area contributed by atoms with Crippen LogP contribution in [0.3, 0.4) is 0 Å². The molecule has 0 aliphatic carbocycles. The van der Waals surface area contributed by atoms with Crippen molar-refractivity contribution in [1.82, 2.24) is 20.1 Å². The van der Waals surface area contributed by atoms with Crippen molar-refractivity contribution in [1.29, 1.82) is 0 Å². The van der Waals surface area contributed by atoms with Gasteiger partial charge in [-0.1, -0.05) is 41.6 Å². The normalized spacial score (nSPS) is 11.1. The standard InChI is InChI=1S/C26H21ClFN5O3S/c1-17-2-8-20(27)14-23(17)32-24(30-31-26(32)37-16-19-3-9-21(28)10-4-19)15-29-25(34)13-7-18-5-11-22(12-6-18)33(35)36/h2-14H,15-16H2,1H3,(H,29,34). The number of nitrogens with one attached hydrogen (secondary N) is 1. The number of carbonyl (C=O) groups is 1. The number of halogens is 2. The largest absolute Gasteiger partial charge is 0.345 e. The highest BCUT2D eigenvalue weighted by Crippen LogP contribution is 2.28. The minimum Gasteiger partial charge on any atom is -0.345 e. The van der Waals surface area contributed by atoms with Gasteiger partial charge >= 0.3 is 0 Å². The molecule has 0 unspecified atom stereocenters. The third kappa shape index (κ3) is 6.81. The van der Waals surface area contributed by atoms with Gasteiger partial charge in [-0.25, -0.2) is 4.39 Å². The average Bonchev–Trinajstić information content (AvgIpc) is 3.30. The first-order chi connectivity index (χ1) is 17.8. The van der Waals surface area contributed by atoms with E-state index in [2.05, 4.69) is 15.5 Å². The summed E-state index contributed by atoms with van der Waals surface area (Å²) in [6.45, 7) is 2.04. The first kappa shape index (κ1) is 26.1. The number of aryl methyl sites for hydroxylation is 1. The van der Waals surface area contributed by atoms with Crippen LogP contribution in [0.2, 0.25) is 5.02 Å². The Labute approximate surface area is 221 Å². The molecular formula is C26H21ClFN5O3S. The Morgan fingerprint density at radius 3 is 2.57 bits per heavy atom. The van der Waals surface area contributed by atoms with E-state index in [4.69, 9.17) is 11.6 Å². The molecule has 188 valence electrons. The molecule has 0 atom stereocenters. The van der Waals surface area contributed by atoms with Crippen molar-refractivity contribution in [2.75, 3.05) is 0 Å². The topological polar surface area (TPSA) is 103 Å². The molecule has 8 nitrogen and oxygen atoms in total. The zero-order valence-corrected chi connectivity index (χ0v) is 21.2. The van der Waals surface area contributed by atoms with Crippen molar-refractivity contribution in [3.63, 3.8) is 0 Å². The van der Waals surface area contributed by atoms with Crippen LogP contribution in [0.15, 0.2) is 78.0 Å². The lowest BCUT2D eigenvalue weighted by Crippen LogP contribution is -2.22. The maximum atomic E-state index is 13.3. The Morgan fingerprint density at radius 1 is 1.14 bits per heavy atom. The number of thioether (sulfide) groups is 1. The van der Waals surface area contributed by atoms with Crippen molar-refractivity contribution >= 4 is 41.0 Å². The number of nitro benzene ring substituents is 1. The van der Waals surface area contributed by atoms with E-state index in [1.54, 1.807) is 36.4 Å². The monoisotopic (exact) mass is 537 g/mol. The lowest BCUT2D eigenvalue weighted by atomic mass is 10.2. The van der Waals surface area contributed by atoms with Gasteiger partial charge in [0.2, 0.25) is 5.91 Å². The fraction of sp³-hybridized carbons (Fsp3) is 0.115. The zero-order valence-electron chi connectivity index (χ0n) is 19.6. The summed E-state index contributed by atoms with van der Waals surface area (Å²) in [5.41, 5.74) is 3.28. The van der Waals surface area contributed by atoms with Crippen LogP contribution in [-0.2, 0) is 17.1 Å². The molecule has 11 heteroatoms. The van der Waals surface area contributed by atoms with E-state index in [1.807, 2.05) is 23.6 Å². The Hall–Kier alpha value is -4.02. The number of nitro groups is 1. The van der Waals surface area contributed by atoms with Crippen LogP contribution in [0, 0.1) is 22.9 Å². The Bertz CT molecular complexity index is 1460. The number of hydrogen-bond donors (Lipinski definition) is 1. The second-order valence-electron chi connectivity index (χ2n) is 7.98. The summed E-state index contributed by atoms with van der Waals surface area (Å²) >= 11 is 7.70. The van der Waals surface area contributed by atoms with Crippen LogP contribution in [0.5, 0.6) is 0 Å². The van der Waals surface area contributed by atoms with Gasteiger partial charge in [0.05, 0.1) is 17.2 Å². The minimum atomic E-state index is -0.482. The number of carbonyl (C=O) groups excluding carboxylic acids is 1. The molecule has 4 rings (SSSR count). The lowest BCUT2D eigenvalue weighted by molar-refractivity contribution is -0.384. The summed E-state index contributed by atoms with van der Waals surface area (Å²) in [6, 6.07) is 17.6. The molecule has 0 bridgehead atoms. The Kier molecular flexibility index (Phi) is 8.32. The molecule has 0 spiro atoms. The highest BCUT2D eigenvalue weighted by molar-refractivity contribution is 7.98. The number of nitrogens with zero attached hydrogens (tertiary/aromatic N) is 4. The van der Waals surface area contributed by atoms with Gasteiger partial charge in [-0.3, -0.25) is 19.5 Å². The van der Waals surface area contributed by atoms with Gasteiger partial charge in [-0.05, 0) is 66.1 Å². The molecule has 0 radical (unpaired) electrons. The Morgan fingerprint density at radius 2 is 1.86 bits per heavy atom. The van der Waals surface area contributed by atoms with Gasteiger partial charge in [-0.2, -0.15) is 0 Å². The number of non-ortho nitro benzene ring substituents is 1. The minimum absolute atomic E-state index is 0.0228. The number of rotatable bonds is 9. The molecule has 4 aromatic rings. The maximum Gasteiger partial charge on any atom is 0.269 e. The number of hydrogen-bond acceptors (Lipinski definition) is 6. The highest BCUT2D eigenvalue weighted by atomic mass is 35.5. The molecular weight excluding hydrogens is 517 g/mol. The van der Waals surface area contributed by atoms with Crippen molar-refractivity contribution in [3.05, 3.63) is 116 Å². The van der Waals surface area contributed by atoms with Gasteiger partial charge in [0.15, 0.2) is 11.0 Å². The van der Waals surface area contributed by atoms with E-state index in [0.29, 0.717) is 27.3 Å². The van der Waals surface area contributed by atoms with Crippen molar-refractivity contribution in [2.45, 2.75) is 24.4 Å². The van der Waals surface area contributed by atoms with Crippen LogP contribution in [-0.4, -0.2) is 25.6 Å². The Balaban J connectivity index is 1.51. The van der Waals surface area contributed by atoms with Crippen LogP contribution >= 0.6 is 23.4 Å². The number of benzene rings is 3. The molecule has 0 aliphatic rings. The summed E-state index contributed by atoms with van der Waals surface area (Å²) in [7, 11) is 0. The van der Waals surface area contributed by atoms with Crippen molar-refractivity contribution in [3.8, 4) is 5.69 Å². The van der Waals surface area contributed by atoms with Crippen LogP contribution in [0.4, 0.5) is 10.1 Å². The molecule has 0 saturated carbocycles. The maximum absolute atomic E-state index is 13.3. The first-order valence-electron chi connectivity index (χ1n) is 11.1. The lowest BCUT2D eigenvalue weighted by Gasteiger charge is -2.13. The predicted molar refractivity (Wildman–Crippen MR) is 141 cm³/mol.